The van der Waals surface area contributed by atoms with E-state index in [0.29, 0.717) is 18.2 Å². The van der Waals surface area contributed by atoms with E-state index in [1.54, 1.807) is 4.68 Å². The zero-order valence-electron chi connectivity index (χ0n) is 12.1. The Balaban J connectivity index is 1.78. The fourth-order valence-corrected chi connectivity index (χ4v) is 2.53. The smallest absolute Gasteiger partial charge is 0.272 e. The largest absolute Gasteiger partial charge is 0.346 e. The average molecular weight is 284 g/mol. The highest BCUT2D eigenvalue weighted by molar-refractivity contribution is 5.92. The fourth-order valence-electron chi connectivity index (χ4n) is 2.53. The van der Waals surface area contributed by atoms with Crippen molar-refractivity contribution in [2.24, 2.45) is 11.7 Å². The van der Waals surface area contributed by atoms with Crippen LogP contribution in [0.3, 0.4) is 0 Å². The molecule has 1 aliphatic rings. The van der Waals surface area contributed by atoms with Gasteiger partial charge in [-0.3, -0.25) is 4.79 Å². The Kier molecular flexibility index (Phi) is 3.75. The third kappa shape index (κ3) is 2.97. The van der Waals surface area contributed by atoms with Crippen molar-refractivity contribution in [3.8, 4) is 5.69 Å². The molecule has 1 amide bonds. The normalized spacial score (nSPS) is 15.7. The second-order valence-corrected chi connectivity index (χ2v) is 5.57. The molecular formula is C16H20N4O. The Labute approximate surface area is 124 Å². The third-order valence-corrected chi connectivity index (χ3v) is 3.88. The summed E-state index contributed by atoms with van der Waals surface area (Å²) in [7, 11) is 0. The Morgan fingerprint density at radius 3 is 2.76 bits per heavy atom. The number of nitrogens with two attached hydrogens (primary N) is 1. The second-order valence-electron chi connectivity index (χ2n) is 5.57. The van der Waals surface area contributed by atoms with Crippen LogP contribution in [-0.4, -0.2) is 28.3 Å². The summed E-state index contributed by atoms with van der Waals surface area (Å²) in [5.74, 6) is 0.395. The zero-order valence-corrected chi connectivity index (χ0v) is 12.1. The summed E-state index contributed by atoms with van der Waals surface area (Å²) in [6.45, 7) is 2.42. The average Bonchev–Trinajstić information content (AvgIpc) is 3.27. The molecule has 0 bridgehead atoms. The first-order valence-electron chi connectivity index (χ1n) is 7.32. The molecule has 1 aromatic carbocycles. The minimum atomic E-state index is -0.143. The maximum absolute atomic E-state index is 12.3. The molecule has 0 aliphatic heterocycles. The van der Waals surface area contributed by atoms with Gasteiger partial charge in [0.1, 0.15) is 0 Å². The van der Waals surface area contributed by atoms with E-state index in [4.69, 9.17) is 5.73 Å². The molecule has 21 heavy (non-hydrogen) atoms. The Bertz CT molecular complexity index is 631. The van der Waals surface area contributed by atoms with Gasteiger partial charge in [0.05, 0.1) is 5.69 Å². The van der Waals surface area contributed by atoms with Crippen LogP contribution < -0.4 is 11.1 Å². The SMILES string of the molecule is Cc1cc(C(=O)NC(CN)C2CC2)nn1-c1ccccc1. The lowest BCUT2D eigenvalue weighted by Gasteiger charge is -2.14. The van der Waals surface area contributed by atoms with E-state index in [1.165, 1.54) is 0 Å². The van der Waals surface area contributed by atoms with E-state index in [2.05, 4.69) is 10.4 Å². The van der Waals surface area contributed by atoms with Gasteiger partial charge in [-0.15, -0.1) is 0 Å². The van der Waals surface area contributed by atoms with Gasteiger partial charge in [0, 0.05) is 18.3 Å². The highest BCUT2D eigenvalue weighted by atomic mass is 16.2. The molecule has 1 atom stereocenters. The first-order valence-corrected chi connectivity index (χ1v) is 7.32. The zero-order chi connectivity index (χ0) is 14.8. The molecule has 3 rings (SSSR count). The predicted molar refractivity (Wildman–Crippen MR) is 81.3 cm³/mol. The number of hydrogen-bond donors (Lipinski definition) is 2. The van der Waals surface area contributed by atoms with E-state index in [9.17, 15) is 4.79 Å². The summed E-state index contributed by atoms with van der Waals surface area (Å²) in [5.41, 5.74) is 8.05. The number of hydrogen-bond acceptors (Lipinski definition) is 3. The number of amides is 1. The van der Waals surface area contributed by atoms with Gasteiger partial charge in [0.15, 0.2) is 5.69 Å². The molecule has 1 unspecified atom stereocenters. The quantitative estimate of drug-likeness (QED) is 0.877. The number of nitrogens with zero attached hydrogens (tertiary/aromatic N) is 2. The van der Waals surface area contributed by atoms with Gasteiger partial charge in [0.25, 0.3) is 5.91 Å². The van der Waals surface area contributed by atoms with Crippen LogP contribution in [0.2, 0.25) is 0 Å². The van der Waals surface area contributed by atoms with E-state index in [0.717, 1.165) is 24.2 Å². The van der Waals surface area contributed by atoms with Gasteiger partial charge >= 0.3 is 0 Å². The van der Waals surface area contributed by atoms with Crippen molar-refractivity contribution in [2.45, 2.75) is 25.8 Å². The lowest BCUT2D eigenvalue weighted by Crippen LogP contribution is -2.41. The fraction of sp³-hybridized carbons (Fsp3) is 0.375. The van der Waals surface area contributed by atoms with E-state index < -0.39 is 0 Å². The highest BCUT2D eigenvalue weighted by Crippen LogP contribution is 2.32. The molecule has 1 aromatic heterocycles. The van der Waals surface area contributed by atoms with Gasteiger partial charge in [-0.1, -0.05) is 18.2 Å². The summed E-state index contributed by atoms with van der Waals surface area (Å²) in [4.78, 5) is 12.3. The van der Waals surface area contributed by atoms with Gasteiger partial charge in [-0.25, -0.2) is 4.68 Å². The molecular weight excluding hydrogens is 264 g/mol. The molecule has 110 valence electrons. The second kappa shape index (κ2) is 5.69. The summed E-state index contributed by atoms with van der Waals surface area (Å²) in [5, 5.41) is 7.41. The van der Waals surface area contributed by atoms with Crippen LogP contribution in [0.5, 0.6) is 0 Å². The van der Waals surface area contributed by atoms with E-state index in [-0.39, 0.29) is 11.9 Å². The lowest BCUT2D eigenvalue weighted by atomic mass is 10.2. The van der Waals surface area contributed by atoms with Crippen molar-refractivity contribution in [2.75, 3.05) is 6.54 Å². The topological polar surface area (TPSA) is 72.9 Å². The minimum absolute atomic E-state index is 0.0691. The van der Waals surface area contributed by atoms with Gasteiger partial charge in [0.2, 0.25) is 0 Å². The standard InChI is InChI=1S/C16H20N4O/c1-11-9-14(16(21)18-15(10-17)12-7-8-12)19-20(11)13-5-3-2-4-6-13/h2-6,9,12,15H,7-8,10,17H2,1H3,(H,18,21). The van der Waals surface area contributed by atoms with Gasteiger partial charge in [-0.2, -0.15) is 5.10 Å². The molecule has 0 saturated heterocycles. The number of rotatable bonds is 5. The van der Waals surface area contributed by atoms with Crippen LogP contribution in [0, 0.1) is 12.8 Å². The van der Waals surface area contributed by atoms with Crippen LogP contribution in [0.1, 0.15) is 29.0 Å². The predicted octanol–water partition coefficient (Wildman–Crippen LogP) is 1.65. The molecule has 0 spiro atoms. The minimum Gasteiger partial charge on any atom is -0.346 e. The number of nitrogens with one attached hydrogen (secondary N) is 1. The molecule has 5 heteroatoms. The Hall–Kier alpha value is -2.14. The van der Waals surface area contributed by atoms with Crippen molar-refractivity contribution >= 4 is 5.91 Å². The Morgan fingerprint density at radius 1 is 1.43 bits per heavy atom. The van der Waals surface area contributed by atoms with Crippen LogP contribution in [-0.2, 0) is 0 Å². The van der Waals surface area contributed by atoms with E-state index in [1.807, 2.05) is 43.3 Å². The van der Waals surface area contributed by atoms with E-state index >= 15 is 0 Å². The van der Waals surface area contributed by atoms with Crippen LogP contribution in [0.4, 0.5) is 0 Å². The van der Waals surface area contributed by atoms with Gasteiger partial charge in [-0.05, 0) is 43.9 Å². The molecule has 1 saturated carbocycles. The monoisotopic (exact) mass is 284 g/mol. The highest BCUT2D eigenvalue weighted by Gasteiger charge is 2.31. The van der Waals surface area contributed by atoms with Gasteiger partial charge < -0.3 is 11.1 Å². The maximum atomic E-state index is 12.3. The maximum Gasteiger partial charge on any atom is 0.272 e. The van der Waals surface area contributed by atoms with Crippen LogP contribution in [0.15, 0.2) is 36.4 Å². The third-order valence-electron chi connectivity index (χ3n) is 3.88. The van der Waals surface area contributed by atoms with Crippen molar-refractivity contribution in [1.82, 2.24) is 15.1 Å². The number of carbonyl (C=O) groups excluding carboxylic acids is 1. The first-order chi connectivity index (χ1) is 10.2. The number of aryl methyl sites for hydroxylation is 1. The number of aromatic nitrogens is 2. The molecule has 0 radical (unpaired) electrons. The molecule has 5 nitrogen and oxygen atoms in total. The Morgan fingerprint density at radius 2 is 2.14 bits per heavy atom. The molecule has 1 fully saturated rings. The first kappa shape index (κ1) is 13.8. The summed E-state index contributed by atoms with van der Waals surface area (Å²) in [6.07, 6.45) is 2.30. The van der Waals surface area contributed by atoms with Crippen molar-refractivity contribution in [3.05, 3.63) is 47.8 Å². The molecule has 1 heterocycles. The number of carbonyl (C=O) groups is 1. The van der Waals surface area contributed by atoms with Crippen molar-refractivity contribution < 1.29 is 4.79 Å². The summed E-state index contributed by atoms with van der Waals surface area (Å²) < 4.78 is 1.78. The molecule has 2 aromatic rings. The van der Waals surface area contributed by atoms with Crippen LogP contribution >= 0.6 is 0 Å². The number of para-hydroxylation sites is 1. The molecule has 1 aliphatic carbocycles. The molecule has 3 N–H and O–H groups in total. The van der Waals surface area contributed by atoms with Crippen LogP contribution in [0.25, 0.3) is 5.69 Å². The summed E-state index contributed by atoms with van der Waals surface area (Å²) in [6, 6.07) is 11.7. The van der Waals surface area contributed by atoms with Crippen molar-refractivity contribution in [1.29, 1.82) is 0 Å². The summed E-state index contributed by atoms with van der Waals surface area (Å²) >= 11 is 0. The number of benzene rings is 1. The van der Waals surface area contributed by atoms with Crippen molar-refractivity contribution in [3.63, 3.8) is 0 Å². The lowest BCUT2D eigenvalue weighted by molar-refractivity contribution is 0.0928.